The van der Waals surface area contributed by atoms with E-state index >= 15 is 0 Å². The van der Waals surface area contributed by atoms with Crippen molar-refractivity contribution in [2.45, 2.75) is 51.9 Å². The first kappa shape index (κ1) is 17.6. The van der Waals surface area contributed by atoms with Crippen LogP contribution in [0.1, 0.15) is 57.4 Å². The van der Waals surface area contributed by atoms with Crippen molar-refractivity contribution in [1.82, 2.24) is 0 Å². The second kappa shape index (κ2) is 9.50. The molecule has 1 aromatic carbocycles. The lowest BCUT2D eigenvalue weighted by Gasteiger charge is -2.18. The number of nitrogens with zero attached hydrogens (tertiary/aromatic N) is 1. The largest absolute Gasteiger partial charge is 0.389 e. The van der Waals surface area contributed by atoms with Crippen LogP contribution in [0.2, 0.25) is 0 Å². The van der Waals surface area contributed by atoms with Crippen LogP contribution in [0.3, 0.4) is 0 Å². The van der Waals surface area contributed by atoms with Gasteiger partial charge in [0.25, 0.3) is 0 Å². The SMILES string of the molecule is CCCCCCCCC(=O)N(C)c1cccc(C(N)=S)c1. The minimum absolute atomic E-state index is 0.144. The first-order chi connectivity index (χ1) is 10.1. The van der Waals surface area contributed by atoms with Crippen LogP contribution < -0.4 is 10.6 Å². The summed E-state index contributed by atoms with van der Waals surface area (Å²) in [7, 11) is 1.80. The molecule has 3 nitrogen and oxygen atoms in total. The molecule has 0 spiro atoms. The molecule has 1 amide bonds. The summed E-state index contributed by atoms with van der Waals surface area (Å²) in [4.78, 5) is 14.2. The molecule has 0 saturated carbocycles. The van der Waals surface area contributed by atoms with E-state index < -0.39 is 0 Å². The summed E-state index contributed by atoms with van der Waals surface area (Å²) < 4.78 is 0. The van der Waals surface area contributed by atoms with E-state index in [1.807, 2.05) is 24.3 Å². The fourth-order valence-corrected chi connectivity index (χ4v) is 2.36. The third-order valence-electron chi connectivity index (χ3n) is 3.64. The molecule has 1 rings (SSSR count). The van der Waals surface area contributed by atoms with E-state index in [-0.39, 0.29) is 5.91 Å². The second-order valence-corrected chi connectivity index (χ2v) is 5.82. The van der Waals surface area contributed by atoms with Gasteiger partial charge in [0.15, 0.2) is 0 Å². The van der Waals surface area contributed by atoms with Crippen LogP contribution in [0, 0.1) is 0 Å². The number of thiocarbonyl (C=S) groups is 1. The van der Waals surface area contributed by atoms with Gasteiger partial charge in [-0.3, -0.25) is 4.79 Å². The number of amides is 1. The van der Waals surface area contributed by atoms with Gasteiger partial charge in [0.1, 0.15) is 4.99 Å². The number of unbranched alkanes of at least 4 members (excludes halogenated alkanes) is 5. The third-order valence-corrected chi connectivity index (χ3v) is 3.87. The van der Waals surface area contributed by atoms with E-state index in [0.29, 0.717) is 11.4 Å². The van der Waals surface area contributed by atoms with E-state index in [1.54, 1.807) is 11.9 Å². The fourth-order valence-electron chi connectivity index (χ4n) is 2.24. The Hall–Kier alpha value is -1.42. The molecule has 0 fully saturated rings. The first-order valence-electron chi connectivity index (χ1n) is 7.72. The van der Waals surface area contributed by atoms with Crippen LogP contribution in [-0.4, -0.2) is 17.9 Å². The molecular weight excluding hydrogens is 280 g/mol. The van der Waals surface area contributed by atoms with E-state index in [9.17, 15) is 4.79 Å². The Labute approximate surface area is 133 Å². The smallest absolute Gasteiger partial charge is 0.226 e. The zero-order valence-electron chi connectivity index (χ0n) is 13.1. The zero-order chi connectivity index (χ0) is 15.7. The normalized spacial score (nSPS) is 10.4. The molecule has 0 unspecified atom stereocenters. The molecule has 2 N–H and O–H groups in total. The molecule has 4 heteroatoms. The maximum atomic E-state index is 12.2. The highest BCUT2D eigenvalue weighted by atomic mass is 32.1. The van der Waals surface area contributed by atoms with E-state index in [4.69, 9.17) is 18.0 Å². The average molecular weight is 306 g/mol. The summed E-state index contributed by atoms with van der Waals surface area (Å²) in [5.74, 6) is 0.144. The van der Waals surface area contributed by atoms with Gasteiger partial charge in [0, 0.05) is 24.7 Å². The molecule has 0 atom stereocenters. The van der Waals surface area contributed by atoms with Crippen molar-refractivity contribution in [2.75, 3.05) is 11.9 Å². The zero-order valence-corrected chi connectivity index (χ0v) is 13.9. The van der Waals surface area contributed by atoms with Gasteiger partial charge in [-0.15, -0.1) is 0 Å². The number of rotatable bonds is 9. The Morgan fingerprint density at radius 1 is 1.19 bits per heavy atom. The molecule has 0 aliphatic rings. The predicted molar refractivity (Wildman–Crippen MR) is 93.7 cm³/mol. The van der Waals surface area contributed by atoms with Crippen LogP contribution >= 0.6 is 12.2 Å². The van der Waals surface area contributed by atoms with Gasteiger partial charge in [0.05, 0.1) is 0 Å². The van der Waals surface area contributed by atoms with Gasteiger partial charge in [-0.05, 0) is 18.6 Å². The highest BCUT2D eigenvalue weighted by Crippen LogP contribution is 2.17. The Balaban J connectivity index is 2.43. The Morgan fingerprint density at radius 2 is 1.86 bits per heavy atom. The fraction of sp³-hybridized carbons (Fsp3) is 0.529. The first-order valence-corrected chi connectivity index (χ1v) is 8.13. The molecule has 21 heavy (non-hydrogen) atoms. The topological polar surface area (TPSA) is 46.3 Å². The molecule has 0 saturated heterocycles. The average Bonchev–Trinajstić information content (AvgIpc) is 2.49. The second-order valence-electron chi connectivity index (χ2n) is 5.39. The highest BCUT2D eigenvalue weighted by molar-refractivity contribution is 7.80. The van der Waals surface area contributed by atoms with Crippen molar-refractivity contribution in [2.24, 2.45) is 5.73 Å². The number of hydrogen-bond acceptors (Lipinski definition) is 2. The molecule has 116 valence electrons. The summed E-state index contributed by atoms with van der Waals surface area (Å²) in [5, 5.41) is 0. The van der Waals surface area contributed by atoms with Crippen molar-refractivity contribution < 1.29 is 4.79 Å². The van der Waals surface area contributed by atoms with Crippen LogP contribution in [0.4, 0.5) is 5.69 Å². The van der Waals surface area contributed by atoms with Crippen molar-refractivity contribution in [3.63, 3.8) is 0 Å². The standard InChI is InChI=1S/C17H26N2OS/c1-3-4-5-6-7-8-12-16(20)19(2)15-11-9-10-14(13-15)17(18)21/h9-11,13H,3-8,12H2,1-2H3,(H2,18,21). The third kappa shape index (κ3) is 6.25. The lowest BCUT2D eigenvalue weighted by molar-refractivity contribution is -0.118. The molecule has 0 aliphatic heterocycles. The quantitative estimate of drug-likeness (QED) is 0.553. The van der Waals surface area contributed by atoms with Gasteiger partial charge < -0.3 is 10.6 Å². The summed E-state index contributed by atoms with van der Waals surface area (Å²) in [6.45, 7) is 2.21. The van der Waals surface area contributed by atoms with Gasteiger partial charge in [0.2, 0.25) is 5.91 Å². The Kier molecular flexibility index (Phi) is 7.98. The summed E-state index contributed by atoms with van der Waals surface area (Å²) >= 11 is 4.97. The van der Waals surface area contributed by atoms with Crippen molar-refractivity contribution in [3.05, 3.63) is 29.8 Å². The molecule has 1 aromatic rings. The predicted octanol–water partition coefficient (Wildman–Crippen LogP) is 4.03. The maximum Gasteiger partial charge on any atom is 0.226 e. The van der Waals surface area contributed by atoms with E-state index in [0.717, 1.165) is 24.1 Å². The number of carbonyl (C=O) groups excluding carboxylic acids is 1. The molecule has 0 bridgehead atoms. The lowest BCUT2D eigenvalue weighted by atomic mass is 10.1. The molecule has 0 heterocycles. The van der Waals surface area contributed by atoms with Crippen molar-refractivity contribution in [3.8, 4) is 0 Å². The van der Waals surface area contributed by atoms with E-state index in [2.05, 4.69) is 6.92 Å². The lowest BCUT2D eigenvalue weighted by Crippen LogP contribution is -2.26. The Bertz CT molecular complexity index is 474. The number of hydrogen-bond donors (Lipinski definition) is 1. The minimum atomic E-state index is 0.144. The molecule has 0 radical (unpaired) electrons. The minimum Gasteiger partial charge on any atom is -0.389 e. The monoisotopic (exact) mass is 306 g/mol. The maximum absolute atomic E-state index is 12.2. The summed E-state index contributed by atoms with van der Waals surface area (Å²) in [5.41, 5.74) is 7.26. The Morgan fingerprint density at radius 3 is 2.52 bits per heavy atom. The summed E-state index contributed by atoms with van der Waals surface area (Å²) in [6.07, 6.45) is 7.73. The van der Waals surface area contributed by atoms with Gasteiger partial charge in [-0.1, -0.05) is 63.4 Å². The van der Waals surface area contributed by atoms with E-state index in [1.165, 1.54) is 25.7 Å². The van der Waals surface area contributed by atoms with Gasteiger partial charge >= 0.3 is 0 Å². The molecule has 0 aliphatic carbocycles. The number of anilines is 1. The van der Waals surface area contributed by atoms with Crippen molar-refractivity contribution >= 4 is 28.8 Å². The molecular formula is C17H26N2OS. The molecule has 0 aromatic heterocycles. The van der Waals surface area contributed by atoms with Gasteiger partial charge in [-0.25, -0.2) is 0 Å². The van der Waals surface area contributed by atoms with Gasteiger partial charge in [-0.2, -0.15) is 0 Å². The highest BCUT2D eigenvalue weighted by Gasteiger charge is 2.11. The van der Waals surface area contributed by atoms with Crippen LogP contribution in [0.25, 0.3) is 0 Å². The number of nitrogens with two attached hydrogens (primary N) is 1. The number of carbonyl (C=O) groups is 1. The van der Waals surface area contributed by atoms with Crippen LogP contribution in [0.15, 0.2) is 24.3 Å². The van der Waals surface area contributed by atoms with Crippen molar-refractivity contribution in [1.29, 1.82) is 0 Å². The number of benzene rings is 1. The van der Waals surface area contributed by atoms with Crippen LogP contribution in [0.5, 0.6) is 0 Å². The summed E-state index contributed by atoms with van der Waals surface area (Å²) in [6, 6.07) is 7.50. The van der Waals surface area contributed by atoms with Crippen LogP contribution in [-0.2, 0) is 4.79 Å².